The Bertz CT molecular complexity index is 723. The molecule has 3 rings (SSSR count). The summed E-state index contributed by atoms with van der Waals surface area (Å²) in [7, 11) is -3.57. The number of nitrogens with one attached hydrogen (secondary N) is 1. The van der Waals surface area contributed by atoms with E-state index in [9.17, 15) is 8.42 Å². The van der Waals surface area contributed by atoms with Crippen LogP contribution in [0.3, 0.4) is 0 Å². The van der Waals surface area contributed by atoms with Gasteiger partial charge in [-0.2, -0.15) is 9.40 Å². The topological polar surface area (TPSA) is 92.1 Å². The Balaban J connectivity index is 1.94. The van der Waals surface area contributed by atoms with Gasteiger partial charge in [0.2, 0.25) is 0 Å². The van der Waals surface area contributed by atoms with Crippen molar-refractivity contribution in [1.82, 2.24) is 14.5 Å². The minimum absolute atomic E-state index is 0.111. The van der Waals surface area contributed by atoms with Crippen LogP contribution < -0.4 is 5.73 Å². The maximum atomic E-state index is 12.6. The first-order chi connectivity index (χ1) is 9.63. The van der Waals surface area contributed by atoms with Crippen molar-refractivity contribution < 1.29 is 8.42 Å². The van der Waals surface area contributed by atoms with Crippen LogP contribution in [0.25, 0.3) is 0 Å². The second-order valence-corrected chi connectivity index (χ2v) is 6.66. The minimum atomic E-state index is -3.57. The summed E-state index contributed by atoms with van der Waals surface area (Å²) < 4.78 is 26.7. The van der Waals surface area contributed by atoms with Crippen molar-refractivity contribution in [2.75, 3.05) is 6.54 Å². The highest BCUT2D eigenvalue weighted by Crippen LogP contribution is 2.25. The number of aromatic nitrogens is 2. The molecule has 1 aromatic carbocycles. The third-order valence-corrected chi connectivity index (χ3v) is 5.45. The van der Waals surface area contributed by atoms with Gasteiger partial charge in [0.1, 0.15) is 0 Å². The summed E-state index contributed by atoms with van der Waals surface area (Å²) in [5, 5.41) is 6.46. The zero-order valence-electron chi connectivity index (χ0n) is 10.9. The van der Waals surface area contributed by atoms with Crippen LogP contribution in [0.4, 0.5) is 0 Å². The fraction of sp³-hybridized carbons (Fsp3) is 0.308. The van der Waals surface area contributed by atoms with E-state index in [0.29, 0.717) is 18.7 Å². The predicted molar refractivity (Wildman–Crippen MR) is 74.2 cm³/mol. The smallest absolute Gasteiger partial charge is 0.260 e. The third kappa shape index (κ3) is 2.13. The number of aromatic amines is 1. The van der Waals surface area contributed by atoms with Crippen LogP contribution in [0.1, 0.15) is 16.7 Å². The number of hydrogen-bond acceptors (Lipinski definition) is 4. The highest BCUT2D eigenvalue weighted by molar-refractivity contribution is 7.89. The quantitative estimate of drug-likeness (QED) is 0.867. The third-order valence-electron chi connectivity index (χ3n) is 3.59. The number of nitrogens with zero attached hydrogens (tertiary/aromatic N) is 2. The molecule has 106 valence electrons. The van der Waals surface area contributed by atoms with E-state index in [1.54, 1.807) is 0 Å². The number of sulfonamides is 1. The first-order valence-corrected chi connectivity index (χ1v) is 7.86. The molecule has 0 bridgehead atoms. The molecule has 0 saturated heterocycles. The van der Waals surface area contributed by atoms with Crippen LogP contribution in [0.2, 0.25) is 0 Å². The van der Waals surface area contributed by atoms with Crippen LogP contribution in [0.5, 0.6) is 0 Å². The molecule has 0 atom stereocenters. The van der Waals surface area contributed by atoms with Crippen molar-refractivity contribution in [3.05, 3.63) is 47.2 Å². The fourth-order valence-corrected chi connectivity index (χ4v) is 4.01. The molecule has 0 amide bonds. The van der Waals surface area contributed by atoms with Gasteiger partial charge in [-0.15, -0.1) is 0 Å². The maximum absolute atomic E-state index is 12.6. The van der Waals surface area contributed by atoms with E-state index in [1.807, 2.05) is 24.3 Å². The Hall–Kier alpha value is -1.70. The van der Waals surface area contributed by atoms with E-state index in [1.165, 1.54) is 16.1 Å². The molecule has 3 N–H and O–H groups in total. The molecule has 2 aromatic rings. The van der Waals surface area contributed by atoms with E-state index in [-0.39, 0.29) is 11.6 Å². The summed E-state index contributed by atoms with van der Waals surface area (Å²) >= 11 is 0. The standard InChI is InChI=1S/C13H16N4O2S/c14-7-12-8-15-16-13(12)20(18,19)17-6-5-10-3-1-2-4-11(10)9-17/h1-4,8H,5-7,9,14H2,(H,15,16). The number of rotatable bonds is 3. The van der Waals surface area contributed by atoms with Gasteiger partial charge in [-0.1, -0.05) is 24.3 Å². The van der Waals surface area contributed by atoms with Gasteiger partial charge in [-0.25, -0.2) is 8.42 Å². The molecular weight excluding hydrogens is 276 g/mol. The van der Waals surface area contributed by atoms with Gasteiger partial charge >= 0.3 is 0 Å². The molecule has 0 aliphatic carbocycles. The average Bonchev–Trinajstić information content (AvgIpc) is 2.96. The van der Waals surface area contributed by atoms with Crippen LogP contribution in [-0.2, 0) is 29.5 Å². The molecule has 1 aliphatic rings. The lowest BCUT2D eigenvalue weighted by atomic mass is 10.0. The van der Waals surface area contributed by atoms with E-state index < -0.39 is 10.0 Å². The lowest BCUT2D eigenvalue weighted by molar-refractivity contribution is 0.389. The molecule has 2 heterocycles. The van der Waals surface area contributed by atoms with E-state index in [2.05, 4.69) is 10.2 Å². The Kier molecular flexibility index (Phi) is 3.33. The highest BCUT2D eigenvalue weighted by Gasteiger charge is 2.30. The molecule has 1 aliphatic heterocycles. The summed E-state index contributed by atoms with van der Waals surface area (Å²) in [6.07, 6.45) is 2.19. The summed E-state index contributed by atoms with van der Waals surface area (Å²) in [6.45, 7) is 1.01. The summed E-state index contributed by atoms with van der Waals surface area (Å²) in [4.78, 5) is 0. The molecule has 7 heteroatoms. The Morgan fingerprint density at radius 2 is 2.05 bits per heavy atom. The minimum Gasteiger partial charge on any atom is -0.326 e. The number of hydrogen-bond donors (Lipinski definition) is 2. The zero-order valence-corrected chi connectivity index (χ0v) is 11.7. The number of nitrogens with two attached hydrogens (primary N) is 1. The van der Waals surface area contributed by atoms with Gasteiger partial charge in [0, 0.05) is 25.2 Å². The van der Waals surface area contributed by atoms with Crippen molar-refractivity contribution >= 4 is 10.0 Å². The largest absolute Gasteiger partial charge is 0.326 e. The second-order valence-electron chi connectivity index (χ2n) is 4.79. The molecule has 0 saturated carbocycles. The van der Waals surface area contributed by atoms with Crippen LogP contribution in [-0.4, -0.2) is 29.5 Å². The van der Waals surface area contributed by atoms with Crippen molar-refractivity contribution in [1.29, 1.82) is 0 Å². The number of fused-ring (bicyclic) bond motifs is 1. The van der Waals surface area contributed by atoms with Gasteiger partial charge in [0.05, 0.1) is 6.20 Å². The lowest BCUT2D eigenvalue weighted by Gasteiger charge is -2.27. The molecule has 0 radical (unpaired) electrons. The molecule has 0 spiro atoms. The summed E-state index contributed by atoms with van der Waals surface area (Å²) in [5.74, 6) is 0. The first-order valence-electron chi connectivity index (χ1n) is 6.42. The molecule has 0 fully saturated rings. The van der Waals surface area contributed by atoms with Crippen LogP contribution in [0.15, 0.2) is 35.5 Å². The Labute approximate surface area is 117 Å². The normalized spacial score (nSPS) is 16.1. The number of benzene rings is 1. The van der Waals surface area contributed by atoms with E-state index in [0.717, 1.165) is 12.0 Å². The highest BCUT2D eigenvalue weighted by atomic mass is 32.2. The first kappa shape index (κ1) is 13.3. The Morgan fingerprint density at radius 1 is 1.30 bits per heavy atom. The average molecular weight is 292 g/mol. The Morgan fingerprint density at radius 3 is 2.80 bits per heavy atom. The monoisotopic (exact) mass is 292 g/mol. The van der Waals surface area contributed by atoms with Crippen molar-refractivity contribution in [2.45, 2.75) is 24.5 Å². The van der Waals surface area contributed by atoms with Gasteiger partial charge in [-0.05, 0) is 17.5 Å². The van der Waals surface area contributed by atoms with Crippen molar-refractivity contribution in [3.63, 3.8) is 0 Å². The molecule has 0 unspecified atom stereocenters. The van der Waals surface area contributed by atoms with E-state index in [4.69, 9.17) is 5.73 Å². The van der Waals surface area contributed by atoms with Gasteiger partial charge in [0.15, 0.2) is 5.03 Å². The van der Waals surface area contributed by atoms with E-state index >= 15 is 0 Å². The molecule has 1 aromatic heterocycles. The number of H-pyrrole nitrogens is 1. The predicted octanol–water partition coefficient (Wildman–Crippen LogP) is 0.615. The molecular formula is C13H16N4O2S. The summed E-state index contributed by atoms with van der Waals surface area (Å²) in [6, 6.07) is 7.91. The van der Waals surface area contributed by atoms with Crippen LogP contribution in [0, 0.1) is 0 Å². The van der Waals surface area contributed by atoms with Crippen molar-refractivity contribution in [2.24, 2.45) is 5.73 Å². The summed E-state index contributed by atoms with van der Waals surface area (Å²) in [5.41, 5.74) is 8.34. The van der Waals surface area contributed by atoms with Gasteiger partial charge in [0.25, 0.3) is 10.0 Å². The lowest BCUT2D eigenvalue weighted by Crippen LogP contribution is -2.36. The fourth-order valence-electron chi connectivity index (χ4n) is 2.47. The maximum Gasteiger partial charge on any atom is 0.260 e. The SMILES string of the molecule is NCc1cn[nH]c1S(=O)(=O)N1CCc2ccccc2C1. The van der Waals surface area contributed by atoms with Crippen LogP contribution >= 0.6 is 0 Å². The second kappa shape index (κ2) is 5.01. The molecule has 6 nitrogen and oxygen atoms in total. The van der Waals surface area contributed by atoms with Crippen molar-refractivity contribution in [3.8, 4) is 0 Å². The zero-order chi connectivity index (χ0) is 14.2. The van der Waals surface area contributed by atoms with Gasteiger partial charge in [-0.3, -0.25) is 5.10 Å². The van der Waals surface area contributed by atoms with Gasteiger partial charge < -0.3 is 5.73 Å². The molecule has 20 heavy (non-hydrogen) atoms.